The number of aromatic nitrogens is 2. The predicted molar refractivity (Wildman–Crippen MR) is 76.1 cm³/mol. The molecule has 6 nitrogen and oxygen atoms in total. The highest BCUT2D eigenvalue weighted by Crippen LogP contribution is 2.21. The van der Waals surface area contributed by atoms with Gasteiger partial charge in [-0.15, -0.1) is 11.3 Å². The number of thiazole rings is 1. The molecular weight excluding hydrogens is 276 g/mol. The topological polar surface area (TPSA) is 69.6 Å². The number of hydrogen-bond acceptors (Lipinski definition) is 6. The smallest absolute Gasteiger partial charge is 0.257 e. The molecule has 1 N–H and O–H groups in total. The minimum atomic E-state index is -0.149. The molecule has 1 fully saturated rings. The average molecular weight is 290 g/mol. The van der Waals surface area contributed by atoms with Gasteiger partial charge >= 0.3 is 0 Å². The third kappa shape index (κ3) is 2.44. The maximum absolute atomic E-state index is 12.3. The van der Waals surface area contributed by atoms with Gasteiger partial charge in [-0.3, -0.25) is 9.78 Å². The van der Waals surface area contributed by atoms with Crippen LogP contribution in [0.4, 0.5) is 5.13 Å². The molecule has 1 saturated heterocycles. The summed E-state index contributed by atoms with van der Waals surface area (Å²) < 4.78 is 0. The molecular formula is C13H14N4O2S. The van der Waals surface area contributed by atoms with E-state index in [0.717, 1.165) is 18.2 Å². The molecule has 2 aromatic heterocycles. The molecule has 0 atom stereocenters. The van der Waals surface area contributed by atoms with E-state index in [0.29, 0.717) is 18.7 Å². The largest absolute Gasteiger partial charge is 0.505 e. The van der Waals surface area contributed by atoms with Crippen LogP contribution >= 0.6 is 11.3 Å². The van der Waals surface area contributed by atoms with E-state index in [1.165, 1.54) is 12.4 Å². The van der Waals surface area contributed by atoms with E-state index in [-0.39, 0.29) is 11.7 Å². The molecule has 2 aromatic rings. The number of pyridine rings is 1. The van der Waals surface area contributed by atoms with Crippen molar-refractivity contribution in [3.63, 3.8) is 0 Å². The Morgan fingerprint density at radius 1 is 1.25 bits per heavy atom. The number of nitrogens with zero attached hydrogens (tertiary/aromatic N) is 4. The molecule has 0 aliphatic carbocycles. The summed E-state index contributed by atoms with van der Waals surface area (Å²) in [6.45, 7) is 2.76. The van der Waals surface area contributed by atoms with Gasteiger partial charge in [0.1, 0.15) is 5.75 Å². The number of anilines is 1. The molecule has 1 amide bonds. The Morgan fingerprint density at radius 2 is 2.05 bits per heavy atom. The van der Waals surface area contributed by atoms with Crippen LogP contribution in [0.5, 0.6) is 5.75 Å². The molecule has 20 heavy (non-hydrogen) atoms. The number of rotatable bonds is 2. The van der Waals surface area contributed by atoms with Gasteiger partial charge in [-0.2, -0.15) is 0 Å². The highest BCUT2D eigenvalue weighted by molar-refractivity contribution is 7.13. The van der Waals surface area contributed by atoms with Gasteiger partial charge in [-0.1, -0.05) is 0 Å². The fourth-order valence-electron chi connectivity index (χ4n) is 2.21. The monoisotopic (exact) mass is 290 g/mol. The van der Waals surface area contributed by atoms with Crippen LogP contribution in [0.3, 0.4) is 0 Å². The van der Waals surface area contributed by atoms with Crippen LogP contribution in [0.25, 0.3) is 0 Å². The first-order valence-corrected chi connectivity index (χ1v) is 7.20. The van der Waals surface area contributed by atoms with E-state index < -0.39 is 0 Å². The average Bonchev–Trinajstić information content (AvgIpc) is 3.01. The minimum Gasteiger partial charge on any atom is -0.505 e. The minimum absolute atomic E-state index is 0.0696. The van der Waals surface area contributed by atoms with Crippen molar-refractivity contribution in [2.24, 2.45) is 0 Å². The predicted octanol–water partition coefficient (Wildman–Crippen LogP) is 1.21. The summed E-state index contributed by atoms with van der Waals surface area (Å²) >= 11 is 1.60. The SMILES string of the molecule is O=C(c1ccncc1O)N1CCN(c2nccs2)CC1. The Bertz CT molecular complexity index is 594. The molecule has 3 rings (SSSR count). The van der Waals surface area contributed by atoms with Crippen molar-refractivity contribution in [3.05, 3.63) is 35.6 Å². The summed E-state index contributed by atoms with van der Waals surface area (Å²) in [5.41, 5.74) is 0.308. The quantitative estimate of drug-likeness (QED) is 0.900. The van der Waals surface area contributed by atoms with Gasteiger partial charge < -0.3 is 14.9 Å². The highest BCUT2D eigenvalue weighted by atomic mass is 32.1. The van der Waals surface area contributed by atoms with Gasteiger partial charge in [0.2, 0.25) is 0 Å². The number of piperazine rings is 1. The number of carbonyl (C=O) groups is 1. The van der Waals surface area contributed by atoms with Crippen LogP contribution < -0.4 is 4.90 Å². The first-order valence-electron chi connectivity index (χ1n) is 6.32. The third-order valence-corrected chi connectivity index (χ3v) is 4.12. The number of aromatic hydroxyl groups is 1. The van der Waals surface area contributed by atoms with E-state index >= 15 is 0 Å². The van der Waals surface area contributed by atoms with E-state index in [9.17, 15) is 9.90 Å². The Balaban J connectivity index is 1.66. The van der Waals surface area contributed by atoms with Crippen molar-refractivity contribution in [3.8, 4) is 5.75 Å². The maximum Gasteiger partial charge on any atom is 0.257 e. The summed E-state index contributed by atoms with van der Waals surface area (Å²) in [5, 5.41) is 12.6. The second kappa shape index (κ2) is 5.46. The second-order valence-corrected chi connectivity index (χ2v) is 5.36. The Labute approximate surface area is 120 Å². The summed E-state index contributed by atoms with van der Waals surface area (Å²) in [6, 6.07) is 1.55. The fraction of sp³-hybridized carbons (Fsp3) is 0.308. The van der Waals surface area contributed by atoms with Crippen molar-refractivity contribution in [2.75, 3.05) is 31.1 Å². The molecule has 7 heteroatoms. The standard InChI is InChI=1S/C13H14N4O2S/c18-11-9-14-2-1-10(11)12(19)16-4-6-17(7-5-16)13-15-3-8-20-13/h1-3,8-9,18H,4-7H2. The van der Waals surface area contributed by atoms with Crippen LogP contribution in [-0.4, -0.2) is 52.1 Å². The molecule has 3 heterocycles. The molecule has 0 bridgehead atoms. The van der Waals surface area contributed by atoms with Crippen molar-refractivity contribution in [1.82, 2.24) is 14.9 Å². The lowest BCUT2D eigenvalue weighted by Crippen LogP contribution is -2.48. The van der Waals surface area contributed by atoms with Crippen LogP contribution in [0.15, 0.2) is 30.0 Å². The first kappa shape index (κ1) is 12.9. The number of hydrogen-bond donors (Lipinski definition) is 1. The molecule has 0 radical (unpaired) electrons. The lowest BCUT2D eigenvalue weighted by molar-refractivity contribution is 0.0743. The lowest BCUT2D eigenvalue weighted by Gasteiger charge is -2.34. The molecule has 1 aliphatic rings. The van der Waals surface area contributed by atoms with Crippen LogP contribution in [0.1, 0.15) is 10.4 Å². The van der Waals surface area contributed by atoms with Gasteiger partial charge in [0.25, 0.3) is 5.91 Å². The van der Waals surface area contributed by atoms with Crippen molar-refractivity contribution in [1.29, 1.82) is 0 Å². The van der Waals surface area contributed by atoms with E-state index in [1.54, 1.807) is 28.5 Å². The van der Waals surface area contributed by atoms with Crippen LogP contribution in [-0.2, 0) is 0 Å². The van der Waals surface area contributed by atoms with Crippen LogP contribution in [0, 0.1) is 0 Å². The normalized spacial score (nSPS) is 15.4. The molecule has 0 saturated carbocycles. The second-order valence-electron chi connectivity index (χ2n) is 4.49. The zero-order chi connectivity index (χ0) is 13.9. The lowest BCUT2D eigenvalue weighted by atomic mass is 10.2. The highest BCUT2D eigenvalue weighted by Gasteiger charge is 2.24. The Morgan fingerprint density at radius 3 is 2.70 bits per heavy atom. The fourth-order valence-corrected chi connectivity index (χ4v) is 2.91. The Kier molecular flexibility index (Phi) is 3.51. The summed E-state index contributed by atoms with van der Waals surface area (Å²) in [4.78, 5) is 24.3. The molecule has 0 aromatic carbocycles. The van der Waals surface area contributed by atoms with E-state index in [4.69, 9.17) is 0 Å². The molecule has 104 valence electrons. The summed E-state index contributed by atoms with van der Waals surface area (Å²) in [6.07, 6.45) is 4.59. The zero-order valence-corrected chi connectivity index (χ0v) is 11.6. The first-order chi connectivity index (χ1) is 9.75. The molecule has 1 aliphatic heterocycles. The van der Waals surface area contributed by atoms with E-state index in [1.807, 2.05) is 5.38 Å². The van der Waals surface area contributed by atoms with Gasteiger partial charge in [-0.05, 0) is 6.07 Å². The van der Waals surface area contributed by atoms with Crippen LogP contribution in [0.2, 0.25) is 0 Å². The number of amides is 1. The summed E-state index contributed by atoms with van der Waals surface area (Å²) in [5.74, 6) is -0.219. The van der Waals surface area contributed by atoms with Gasteiger partial charge in [0, 0.05) is 44.0 Å². The van der Waals surface area contributed by atoms with Gasteiger partial charge in [0.15, 0.2) is 5.13 Å². The van der Waals surface area contributed by atoms with Crippen molar-refractivity contribution in [2.45, 2.75) is 0 Å². The molecule has 0 spiro atoms. The third-order valence-electron chi connectivity index (χ3n) is 3.29. The van der Waals surface area contributed by atoms with Crippen molar-refractivity contribution < 1.29 is 9.90 Å². The Hall–Kier alpha value is -2.15. The van der Waals surface area contributed by atoms with Gasteiger partial charge in [0.05, 0.1) is 11.8 Å². The van der Waals surface area contributed by atoms with E-state index in [2.05, 4.69) is 14.9 Å². The van der Waals surface area contributed by atoms with Gasteiger partial charge in [-0.25, -0.2) is 4.98 Å². The summed E-state index contributed by atoms with van der Waals surface area (Å²) in [7, 11) is 0. The number of carbonyl (C=O) groups excluding carboxylic acids is 1. The van der Waals surface area contributed by atoms with Crippen molar-refractivity contribution >= 4 is 22.4 Å². The molecule has 0 unspecified atom stereocenters. The maximum atomic E-state index is 12.3. The zero-order valence-electron chi connectivity index (χ0n) is 10.8.